The number of carbonyl (C=O) groups excluding carboxylic acids is 2. The first-order valence-corrected chi connectivity index (χ1v) is 8.95. The van der Waals surface area contributed by atoms with Crippen molar-refractivity contribution in [1.82, 2.24) is 5.32 Å². The summed E-state index contributed by atoms with van der Waals surface area (Å²) in [5.74, 6) is -0.370. The number of ether oxygens (including phenoxy) is 1. The lowest BCUT2D eigenvalue weighted by Gasteiger charge is -2.22. The van der Waals surface area contributed by atoms with Gasteiger partial charge in [0.15, 0.2) is 0 Å². The minimum absolute atomic E-state index is 0.0287. The predicted molar refractivity (Wildman–Crippen MR) is 94.9 cm³/mol. The van der Waals surface area contributed by atoms with Crippen molar-refractivity contribution < 1.29 is 14.3 Å². The van der Waals surface area contributed by atoms with Gasteiger partial charge in [-0.1, -0.05) is 44.4 Å². The summed E-state index contributed by atoms with van der Waals surface area (Å²) in [4.78, 5) is 23.6. The van der Waals surface area contributed by atoms with Crippen molar-refractivity contribution in [3.8, 4) is 0 Å². The van der Waals surface area contributed by atoms with Crippen LogP contribution in [0.25, 0.3) is 0 Å². The molecular formula is C19H28N2O3. The second kappa shape index (κ2) is 9.96. The fourth-order valence-corrected chi connectivity index (χ4v) is 3.02. The first-order chi connectivity index (χ1) is 11.7. The molecule has 0 spiro atoms. The second-order valence-electron chi connectivity index (χ2n) is 6.24. The van der Waals surface area contributed by atoms with Gasteiger partial charge in [0.25, 0.3) is 0 Å². The molecular weight excluding hydrogens is 304 g/mol. The molecule has 132 valence electrons. The monoisotopic (exact) mass is 332 g/mol. The van der Waals surface area contributed by atoms with Crippen LogP contribution < -0.4 is 10.6 Å². The van der Waals surface area contributed by atoms with Crippen LogP contribution in [-0.2, 0) is 20.7 Å². The third-order valence-electron chi connectivity index (χ3n) is 4.38. The lowest BCUT2D eigenvalue weighted by molar-refractivity contribution is -0.142. The maximum Gasteiger partial charge on any atom is 0.325 e. The Labute approximate surface area is 144 Å². The van der Waals surface area contributed by atoms with Crippen molar-refractivity contribution in [3.05, 3.63) is 29.8 Å². The molecule has 1 saturated carbocycles. The van der Waals surface area contributed by atoms with E-state index < -0.39 is 0 Å². The number of hydrogen-bond donors (Lipinski definition) is 2. The number of esters is 1. The van der Waals surface area contributed by atoms with Crippen molar-refractivity contribution >= 4 is 17.6 Å². The van der Waals surface area contributed by atoms with E-state index in [4.69, 9.17) is 4.74 Å². The van der Waals surface area contributed by atoms with Crippen LogP contribution in [0.3, 0.4) is 0 Å². The third-order valence-corrected chi connectivity index (χ3v) is 4.38. The minimum atomic E-state index is -0.341. The van der Waals surface area contributed by atoms with E-state index in [0.717, 1.165) is 30.5 Å². The van der Waals surface area contributed by atoms with Crippen LogP contribution in [0, 0.1) is 0 Å². The molecule has 5 nitrogen and oxygen atoms in total. The van der Waals surface area contributed by atoms with Gasteiger partial charge in [-0.15, -0.1) is 0 Å². The van der Waals surface area contributed by atoms with Crippen molar-refractivity contribution in [2.75, 3.05) is 18.5 Å². The van der Waals surface area contributed by atoms with Crippen LogP contribution in [0.1, 0.15) is 51.0 Å². The van der Waals surface area contributed by atoms with Gasteiger partial charge in [0, 0.05) is 11.7 Å². The molecule has 5 heteroatoms. The Balaban J connectivity index is 1.61. The van der Waals surface area contributed by atoms with Crippen molar-refractivity contribution in [3.63, 3.8) is 0 Å². The summed E-state index contributed by atoms with van der Waals surface area (Å²) < 4.78 is 5.13. The smallest absolute Gasteiger partial charge is 0.325 e. The fourth-order valence-electron chi connectivity index (χ4n) is 3.02. The maximum absolute atomic E-state index is 11.8. The number of para-hydroxylation sites is 1. The summed E-state index contributed by atoms with van der Waals surface area (Å²) in [6.45, 7) is 2.32. The molecule has 2 N–H and O–H groups in total. The molecule has 0 radical (unpaired) electrons. The van der Waals surface area contributed by atoms with Crippen LogP contribution >= 0.6 is 0 Å². The number of aryl methyl sites for hydroxylation is 1. The van der Waals surface area contributed by atoms with Gasteiger partial charge >= 0.3 is 5.97 Å². The zero-order chi connectivity index (χ0) is 17.2. The van der Waals surface area contributed by atoms with E-state index in [1.54, 1.807) is 0 Å². The van der Waals surface area contributed by atoms with Gasteiger partial charge in [0.1, 0.15) is 13.2 Å². The van der Waals surface area contributed by atoms with Gasteiger partial charge in [-0.25, -0.2) is 0 Å². The summed E-state index contributed by atoms with van der Waals surface area (Å²) in [6, 6.07) is 8.19. The van der Waals surface area contributed by atoms with Crippen LogP contribution in [0.4, 0.5) is 5.69 Å². The number of amides is 1. The summed E-state index contributed by atoms with van der Waals surface area (Å²) in [6.07, 6.45) is 6.89. The molecule has 0 aromatic heterocycles. The number of hydrogen-bond acceptors (Lipinski definition) is 4. The largest absolute Gasteiger partial charge is 0.464 e. The van der Waals surface area contributed by atoms with Crippen LogP contribution in [-0.4, -0.2) is 31.1 Å². The summed E-state index contributed by atoms with van der Waals surface area (Å²) in [5.41, 5.74) is 2.11. The fraction of sp³-hybridized carbons (Fsp3) is 0.579. The zero-order valence-electron chi connectivity index (χ0n) is 14.5. The van der Waals surface area contributed by atoms with E-state index in [1.807, 2.05) is 24.3 Å². The number of carbonyl (C=O) groups is 2. The lowest BCUT2D eigenvalue weighted by atomic mass is 9.95. The number of nitrogens with one attached hydrogen (secondary N) is 2. The topological polar surface area (TPSA) is 67.4 Å². The Morgan fingerprint density at radius 2 is 1.92 bits per heavy atom. The van der Waals surface area contributed by atoms with Gasteiger partial charge in [-0.05, 0) is 30.9 Å². The van der Waals surface area contributed by atoms with Crippen LogP contribution in [0.15, 0.2) is 24.3 Å². The average Bonchev–Trinajstić information content (AvgIpc) is 2.61. The molecule has 1 aliphatic carbocycles. The van der Waals surface area contributed by atoms with Gasteiger partial charge < -0.3 is 15.4 Å². The maximum atomic E-state index is 11.8. The molecule has 1 fully saturated rings. The highest BCUT2D eigenvalue weighted by atomic mass is 16.5. The molecule has 0 saturated heterocycles. The van der Waals surface area contributed by atoms with Crippen molar-refractivity contribution in [2.45, 2.75) is 57.9 Å². The van der Waals surface area contributed by atoms with Gasteiger partial charge in [0.05, 0.1) is 6.42 Å². The van der Waals surface area contributed by atoms with Crippen molar-refractivity contribution in [2.24, 2.45) is 0 Å². The van der Waals surface area contributed by atoms with E-state index in [2.05, 4.69) is 17.6 Å². The molecule has 1 aromatic rings. The summed E-state index contributed by atoms with van der Waals surface area (Å²) >= 11 is 0. The van der Waals surface area contributed by atoms with Crippen LogP contribution in [0.2, 0.25) is 0 Å². The van der Waals surface area contributed by atoms with Gasteiger partial charge in [-0.2, -0.15) is 0 Å². The Hall–Kier alpha value is -2.04. The number of rotatable bonds is 8. The quantitative estimate of drug-likeness (QED) is 0.718. The van der Waals surface area contributed by atoms with E-state index >= 15 is 0 Å². The van der Waals surface area contributed by atoms with Gasteiger partial charge in [-0.3, -0.25) is 9.59 Å². The standard InChI is InChI=1S/C19H28N2O3/c1-2-15-8-6-7-11-17(15)20-14-19(23)24-13-12-18(22)21-16-9-4-3-5-10-16/h6-8,11,16,20H,2-5,9-10,12-14H2,1H3,(H,21,22). The highest BCUT2D eigenvalue weighted by Crippen LogP contribution is 2.17. The molecule has 0 bridgehead atoms. The van der Waals surface area contributed by atoms with Crippen molar-refractivity contribution in [1.29, 1.82) is 0 Å². The minimum Gasteiger partial charge on any atom is -0.464 e. The molecule has 0 unspecified atom stereocenters. The van der Waals surface area contributed by atoms with Crippen LogP contribution in [0.5, 0.6) is 0 Å². The second-order valence-corrected chi connectivity index (χ2v) is 6.24. The molecule has 1 amide bonds. The first-order valence-electron chi connectivity index (χ1n) is 8.95. The highest BCUT2D eigenvalue weighted by Gasteiger charge is 2.15. The SMILES string of the molecule is CCc1ccccc1NCC(=O)OCCC(=O)NC1CCCCC1. The van der Waals surface area contributed by atoms with E-state index in [9.17, 15) is 9.59 Å². The zero-order valence-corrected chi connectivity index (χ0v) is 14.5. The number of benzene rings is 1. The summed E-state index contributed by atoms with van der Waals surface area (Å²) in [5, 5.41) is 6.11. The third kappa shape index (κ3) is 6.22. The Bertz CT molecular complexity index is 539. The normalized spacial score (nSPS) is 14.9. The van der Waals surface area contributed by atoms with Gasteiger partial charge in [0.2, 0.25) is 5.91 Å². The lowest BCUT2D eigenvalue weighted by Crippen LogP contribution is -2.36. The predicted octanol–water partition coefficient (Wildman–Crippen LogP) is 3.04. The average molecular weight is 332 g/mol. The molecule has 1 aromatic carbocycles. The van der Waals surface area contributed by atoms with E-state index in [-0.39, 0.29) is 31.4 Å². The molecule has 0 atom stereocenters. The molecule has 1 aliphatic rings. The molecule has 0 aliphatic heterocycles. The molecule has 24 heavy (non-hydrogen) atoms. The Morgan fingerprint density at radius 1 is 1.17 bits per heavy atom. The molecule has 0 heterocycles. The molecule has 2 rings (SSSR count). The summed E-state index contributed by atoms with van der Waals surface area (Å²) in [7, 11) is 0. The Kier molecular flexibility index (Phi) is 7.59. The van der Waals surface area contributed by atoms with E-state index in [0.29, 0.717) is 6.04 Å². The Morgan fingerprint density at radius 3 is 2.67 bits per heavy atom. The van der Waals surface area contributed by atoms with E-state index in [1.165, 1.54) is 19.3 Å². The first kappa shape index (κ1) is 18.3. The highest BCUT2D eigenvalue weighted by molar-refractivity contribution is 5.78. The number of anilines is 1.